The van der Waals surface area contributed by atoms with E-state index < -0.39 is 17.7 Å². The summed E-state index contributed by atoms with van der Waals surface area (Å²) in [6.45, 7) is 2.12. The summed E-state index contributed by atoms with van der Waals surface area (Å²) in [6, 6.07) is 0. The molecule has 0 fully saturated rings. The topological polar surface area (TPSA) is 17.1 Å². The van der Waals surface area contributed by atoms with Gasteiger partial charge < -0.3 is 0 Å². The molecule has 0 N–H and O–H groups in total. The maximum absolute atomic E-state index is 12.0. The minimum absolute atomic E-state index is 0.427. The van der Waals surface area contributed by atoms with Gasteiger partial charge in [-0.25, -0.2) is 0 Å². The van der Waals surface area contributed by atoms with Gasteiger partial charge in [0.05, 0.1) is 5.75 Å². The Balaban J connectivity index is 3.54. The number of allylic oxidation sites excluding steroid dienone is 9. The van der Waals surface area contributed by atoms with Crippen molar-refractivity contribution >= 4 is 17.5 Å². The zero-order valence-corrected chi connectivity index (χ0v) is 16.2. The van der Waals surface area contributed by atoms with Gasteiger partial charge in [-0.05, 0) is 38.5 Å². The first-order valence-corrected chi connectivity index (χ1v) is 10.1. The molecule has 0 aliphatic heterocycles. The highest BCUT2D eigenvalue weighted by molar-refractivity contribution is 8.00. The standard InChI is InChI=1S/C21H29F3OS/c1-2-3-4-5-6-7-8-9-10-11-12-13-14-15-16-17-18-26-19-20(25)21(22,23)24/h3-4,6-7,9-10,12-13,16-17H,2,5,8,11,14-15,18-19H2,1H3/b4-3-,7-6-,10-9-,13-12-,17-16+. The molecular weight excluding hydrogens is 357 g/mol. The van der Waals surface area contributed by atoms with E-state index in [1.54, 1.807) is 0 Å². The predicted octanol–water partition coefficient (Wildman–Crippen LogP) is 6.99. The summed E-state index contributed by atoms with van der Waals surface area (Å²) in [4.78, 5) is 10.6. The number of alkyl halides is 3. The summed E-state index contributed by atoms with van der Waals surface area (Å²) in [5, 5.41) is 0. The average molecular weight is 387 g/mol. The Kier molecular flexibility index (Phi) is 16.0. The number of rotatable bonds is 14. The lowest BCUT2D eigenvalue weighted by Gasteiger charge is -2.02. The van der Waals surface area contributed by atoms with Crippen LogP contribution >= 0.6 is 11.8 Å². The number of ketones is 1. The Labute approximate surface area is 159 Å². The fourth-order valence-electron chi connectivity index (χ4n) is 1.78. The van der Waals surface area contributed by atoms with E-state index in [4.69, 9.17) is 0 Å². The van der Waals surface area contributed by atoms with E-state index in [-0.39, 0.29) is 0 Å². The number of carbonyl (C=O) groups is 1. The van der Waals surface area contributed by atoms with Crippen molar-refractivity contribution in [3.8, 4) is 0 Å². The smallest absolute Gasteiger partial charge is 0.289 e. The molecule has 0 aromatic carbocycles. The van der Waals surface area contributed by atoms with Gasteiger partial charge in [-0.15, -0.1) is 11.8 Å². The molecule has 0 unspecified atom stereocenters. The number of carbonyl (C=O) groups excluding carboxylic acids is 1. The molecule has 0 aromatic heterocycles. The quantitative estimate of drug-likeness (QED) is 0.236. The van der Waals surface area contributed by atoms with Crippen molar-refractivity contribution in [2.45, 2.75) is 51.6 Å². The first kappa shape index (κ1) is 24.5. The second kappa shape index (κ2) is 17.0. The van der Waals surface area contributed by atoms with Crippen LogP contribution in [0.25, 0.3) is 0 Å². The predicted molar refractivity (Wildman–Crippen MR) is 107 cm³/mol. The van der Waals surface area contributed by atoms with Crippen molar-refractivity contribution in [3.05, 3.63) is 60.8 Å². The Hall–Kier alpha value is -1.49. The van der Waals surface area contributed by atoms with E-state index in [1.807, 2.05) is 12.2 Å². The summed E-state index contributed by atoms with van der Waals surface area (Å²) in [6.07, 6.45) is 21.8. The van der Waals surface area contributed by atoms with Crippen LogP contribution < -0.4 is 0 Å². The number of Topliss-reactive ketones (excluding diaryl/α,β-unsaturated/α-hetero) is 1. The molecule has 1 nitrogen and oxygen atoms in total. The molecule has 5 heteroatoms. The lowest BCUT2D eigenvalue weighted by atomic mass is 10.2. The Morgan fingerprint density at radius 1 is 0.769 bits per heavy atom. The minimum atomic E-state index is -4.71. The fourth-order valence-corrected chi connectivity index (χ4v) is 2.52. The third-order valence-corrected chi connectivity index (χ3v) is 4.04. The van der Waals surface area contributed by atoms with Crippen molar-refractivity contribution in [1.82, 2.24) is 0 Å². The highest BCUT2D eigenvalue weighted by Gasteiger charge is 2.37. The number of unbranched alkanes of at least 4 members (excludes halogenated alkanes) is 1. The van der Waals surface area contributed by atoms with E-state index in [0.29, 0.717) is 5.75 Å². The van der Waals surface area contributed by atoms with Crippen molar-refractivity contribution in [2.75, 3.05) is 11.5 Å². The molecule has 0 aromatic rings. The summed E-state index contributed by atoms with van der Waals surface area (Å²) in [7, 11) is 0. The lowest BCUT2D eigenvalue weighted by molar-refractivity contribution is -0.167. The Morgan fingerprint density at radius 3 is 1.73 bits per heavy atom. The maximum atomic E-state index is 12.0. The molecule has 0 rings (SSSR count). The van der Waals surface area contributed by atoms with Gasteiger partial charge in [0, 0.05) is 5.75 Å². The first-order chi connectivity index (χ1) is 12.5. The van der Waals surface area contributed by atoms with Crippen molar-refractivity contribution in [2.24, 2.45) is 0 Å². The lowest BCUT2D eigenvalue weighted by Crippen LogP contribution is -2.24. The first-order valence-electron chi connectivity index (χ1n) is 8.91. The third kappa shape index (κ3) is 17.3. The number of hydrogen-bond donors (Lipinski definition) is 0. The second-order valence-corrected chi connectivity index (χ2v) is 6.52. The minimum Gasteiger partial charge on any atom is -0.289 e. The van der Waals surface area contributed by atoms with Gasteiger partial charge >= 0.3 is 6.18 Å². The van der Waals surface area contributed by atoms with Crippen LogP contribution in [0.3, 0.4) is 0 Å². The van der Waals surface area contributed by atoms with Crippen LogP contribution in [-0.2, 0) is 4.79 Å². The monoisotopic (exact) mass is 386 g/mol. The van der Waals surface area contributed by atoms with Crippen LogP contribution in [0.2, 0.25) is 0 Å². The van der Waals surface area contributed by atoms with Gasteiger partial charge in [0.2, 0.25) is 5.78 Å². The number of thioether (sulfide) groups is 1. The summed E-state index contributed by atoms with van der Waals surface area (Å²) < 4.78 is 35.9. The molecule has 0 aliphatic carbocycles. The summed E-state index contributed by atoms with van der Waals surface area (Å²) >= 11 is 0.982. The van der Waals surface area contributed by atoms with E-state index >= 15 is 0 Å². The molecule has 0 heterocycles. The normalized spacial score (nSPS) is 13.4. The molecule has 0 spiro atoms. The molecule has 0 bridgehead atoms. The molecule has 0 aliphatic rings. The van der Waals surface area contributed by atoms with Crippen LogP contribution in [-0.4, -0.2) is 23.5 Å². The van der Waals surface area contributed by atoms with Crippen LogP contribution in [0.4, 0.5) is 13.2 Å². The Morgan fingerprint density at radius 2 is 1.23 bits per heavy atom. The van der Waals surface area contributed by atoms with Crippen LogP contribution in [0.1, 0.15) is 45.4 Å². The molecule has 146 valence electrons. The van der Waals surface area contributed by atoms with Crippen LogP contribution in [0.15, 0.2) is 60.8 Å². The SMILES string of the molecule is CC/C=C\C/C=C\C/C=C\C/C=C\CC/C=C/CSCC(=O)C(F)(F)F. The molecule has 0 saturated carbocycles. The molecule has 0 amide bonds. The van der Waals surface area contributed by atoms with Crippen LogP contribution in [0, 0.1) is 0 Å². The highest BCUT2D eigenvalue weighted by atomic mass is 32.2. The van der Waals surface area contributed by atoms with Crippen molar-refractivity contribution in [3.63, 3.8) is 0 Å². The average Bonchev–Trinajstić information content (AvgIpc) is 2.59. The maximum Gasteiger partial charge on any atom is 0.450 e. The van der Waals surface area contributed by atoms with E-state index in [9.17, 15) is 18.0 Å². The van der Waals surface area contributed by atoms with Gasteiger partial charge in [0.25, 0.3) is 0 Å². The third-order valence-electron chi connectivity index (χ3n) is 3.15. The molecular formula is C21H29F3OS. The van der Waals surface area contributed by atoms with E-state index in [0.717, 1.165) is 50.3 Å². The second-order valence-electron chi connectivity index (χ2n) is 5.49. The van der Waals surface area contributed by atoms with Crippen molar-refractivity contribution in [1.29, 1.82) is 0 Å². The zero-order chi connectivity index (χ0) is 19.5. The summed E-state index contributed by atoms with van der Waals surface area (Å²) in [5.74, 6) is -1.75. The zero-order valence-electron chi connectivity index (χ0n) is 15.4. The Bertz CT molecular complexity index is 500. The van der Waals surface area contributed by atoms with E-state index in [2.05, 4.69) is 55.5 Å². The highest BCUT2D eigenvalue weighted by Crippen LogP contribution is 2.18. The molecule has 0 atom stereocenters. The van der Waals surface area contributed by atoms with Crippen LogP contribution in [0.5, 0.6) is 0 Å². The van der Waals surface area contributed by atoms with E-state index in [1.165, 1.54) is 0 Å². The van der Waals surface area contributed by atoms with Gasteiger partial charge in [0.15, 0.2) is 0 Å². The van der Waals surface area contributed by atoms with Gasteiger partial charge in [0.1, 0.15) is 0 Å². The molecule has 26 heavy (non-hydrogen) atoms. The van der Waals surface area contributed by atoms with Gasteiger partial charge in [-0.3, -0.25) is 4.79 Å². The van der Waals surface area contributed by atoms with Gasteiger partial charge in [-0.2, -0.15) is 13.2 Å². The number of hydrogen-bond acceptors (Lipinski definition) is 2. The molecule has 0 radical (unpaired) electrons. The van der Waals surface area contributed by atoms with Gasteiger partial charge in [-0.1, -0.05) is 67.7 Å². The molecule has 0 saturated heterocycles. The summed E-state index contributed by atoms with van der Waals surface area (Å²) in [5.41, 5.74) is 0. The largest absolute Gasteiger partial charge is 0.450 e. The fraction of sp³-hybridized carbons (Fsp3) is 0.476. The number of halogens is 3. The van der Waals surface area contributed by atoms with Crippen molar-refractivity contribution < 1.29 is 18.0 Å².